The van der Waals surface area contributed by atoms with E-state index in [4.69, 9.17) is 23.7 Å². The monoisotopic (exact) mass is 926 g/mol. The number of esters is 1. The Balaban J connectivity index is 1.24. The SMILES string of the molecule is CCOC(=O)C1=C(C=O)/C2=C3\C[C@@H](CO)C(=O)[C@H](C3)c3cc4c(cc3CC[C@@H](CO)COc3c5c(c(CO)c(c32)O1)O[C@H]([C@@]1(O)[C@@H](CCCO)CC[C@H]2CN(CCCOC)CC[C@H]21)C5)=NCC=4. The van der Waals surface area contributed by atoms with Gasteiger partial charge in [0.05, 0.1) is 55.0 Å². The molecule has 1 saturated heterocycles. The van der Waals surface area contributed by atoms with Crippen molar-refractivity contribution < 1.29 is 63.6 Å². The van der Waals surface area contributed by atoms with Crippen LogP contribution in [0.3, 0.4) is 0 Å². The quantitative estimate of drug-likeness (QED) is 0.105. The fraction of sp³-hybridized carbons (Fsp3) is 0.615. The van der Waals surface area contributed by atoms with Crippen LogP contribution in [0, 0.1) is 29.6 Å². The third kappa shape index (κ3) is 8.56. The molecule has 5 heterocycles. The molecule has 5 N–H and O–H groups in total. The summed E-state index contributed by atoms with van der Waals surface area (Å²) in [5.74, 6) is -3.00. The van der Waals surface area contributed by atoms with E-state index in [-0.39, 0.29) is 97.6 Å². The molecule has 7 aliphatic rings. The molecular formula is C52H66N2O13. The maximum Gasteiger partial charge on any atom is 0.375 e. The van der Waals surface area contributed by atoms with Crippen LogP contribution in [0.2, 0.25) is 0 Å². The number of likely N-dealkylation sites (tertiary alicyclic amines) is 1. The summed E-state index contributed by atoms with van der Waals surface area (Å²) in [7, 11) is 1.71. The number of fused-ring (bicyclic) bond motifs is 8. The van der Waals surface area contributed by atoms with E-state index in [2.05, 4.69) is 9.89 Å². The van der Waals surface area contributed by atoms with Gasteiger partial charge in [-0.15, -0.1) is 0 Å². The second kappa shape index (κ2) is 20.2. The Morgan fingerprint density at radius 1 is 1.03 bits per heavy atom. The molecule has 2 aromatic rings. The summed E-state index contributed by atoms with van der Waals surface area (Å²) in [5, 5.41) is 58.6. The molecule has 0 radical (unpaired) electrons. The highest BCUT2D eigenvalue weighted by molar-refractivity contribution is 6.11. The Bertz CT molecular complexity index is 2450. The summed E-state index contributed by atoms with van der Waals surface area (Å²) < 4.78 is 31.4. The lowest BCUT2D eigenvalue weighted by Crippen LogP contribution is -2.63. The van der Waals surface area contributed by atoms with Gasteiger partial charge in [-0.05, 0) is 124 Å². The summed E-state index contributed by atoms with van der Waals surface area (Å²) >= 11 is 0. The number of hydrogen-bond acceptors (Lipinski definition) is 15. The number of Topliss-reactive ketones (excluding diaryl/α,β-unsaturated/α-hetero) is 1. The highest BCUT2D eigenvalue weighted by Crippen LogP contribution is 2.59. The van der Waals surface area contributed by atoms with Crippen molar-refractivity contribution in [3.63, 3.8) is 0 Å². The third-order valence-electron chi connectivity index (χ3n) is 15.9. The first-order valence-electron chi connectivity index (χ1n) is 24.5. The van der Waals surface area contributed by atoms with Gasteiger partial charge in [-0.3, -0.25) is 14.6 Å². The van der Waals surface area contributed by atoms with Crippen molar-refractivity contribution in [2.45, 2.75) is 102 Å². The highest BCUT2D eigenvalue weighted by atomic mass is 16.6. The minimum absolute atomic E-state index is 0.0144. The Kier molecular flexibility index (Phi) is 14.4. The third-order valence-corrected chi connectivity index (χ3v) is 15.9. The molecule has 0 aromatic heterocycles. The first kappa shape index (κ1) is 47.6. The van der Waals surface area contributed by atoms with Crippen LogP contribution in [-0.2, 0) is 43.3 Å². The molecule has 9 rings (SSSR count). The maximum atomic E-state index is 14.5. The first-order valence-corrected chi connectivity index (χ1v) is 24.5. The number of aliphatic hydroxyl groups is 5. The number of nitrogens with zero attached hydrogens (tertiary/aromatic N) is 2. The van der Waals surface area contributed by atoms with E-state index >= 15 is 0 Å². The van der Waals surface area contributed by atoms with Crippen molar-refractivity contribution in [2.24, 2.45) is 34.6 Å². The summed E-state index contributed by atoms with van der Waals surface area (Å²) in [4.78, 5) is 49.3. The number of ketones is 1. The number of piperidine rings is 1. The molecule has 15 nitrogen and oxygen atoms in total. The van der Waals surface area contributed by atoms with Gasteiger partial charge < -0.3 is 54.1 Å². The van der Waals surface area contributed by atoms with Crippen LogP contribution < -0.4 is 24.8 Å². The van der Waals surface area contributed by atoms with E-state index in [0.717, 1.165) is 67.0 Å². The van der Waals surface area contributed by atoms with Crippen LogP contribution >= 0.6 is 0 Å². The van der Waals surface area contributed by atoms with Crippen LogP contribution in [0.5, 0.6) is 17.2 Å². The van der Waals surface area contributed by atoms with E-state index in [1.54, 1.807) is 14.0 Å². The van der Waals surface area contributed by atoms with Crippen molar-refractivity contribution in [1.29, 1.82) is 0 Å². The van der Waals surface area contributed by atoms with E-state index in [9.17, 15) is 39.9 Å². The summed E-state index contributed by atoms with van der Waals surface area (Å²) in [6.07, 6.45) is 7.55. The normalized spacial score (nSPS) is 30.0. The molecule has 0 spiro atoms. The number of hydrogen-bond donors (Lipinski definition) is 5. The number of rotatable bonds is 14. The molecule has 0 unspecified atom stereocenters. The lowest BCUT2D eigenvalue weighted by molar-refractivity contribution is -0.186. The molecule has 5 aliphatic heterocycles. The highest BCUT2D eigenvalue weighted by Gasteiger charge is 2.59. The van der Waals surface area contributed by atoms with Crippen molar-refractivity contribution in [3.05, 3.63) is 67.4 Å². The second-order valence-corrected chi connectivity index (χ2v) is 19.6. The van der Waals surface area contributed by atoms with Crippen LogP contribution in [-0.4, -0.2) is 133 Å². The number of benzene rings is 2. The van der Waals surface area contributed by atoms with Crippen LogP contribution in [0.25, 0.3) is 11.6 Å². The smallest absolute Gasteiger partial charge is 0.375 e. The molecule has 2 bridgehead atoms. The zero-order chi connectivity index (χ0) is 47.0. The fourth-order valence-electron chi connectivity index (χ4n) is 12.7. The van der Waals surface area contributed by atoms with E-state index < -0.39 is 54.4 Å². The van der Waals surface area contributed by atoms with Gasteiger partial charge in [-0.1, -0.05) is 11.6 Å². The second-order valence-electron chi connectivity index (χ2n) is 19.6. The molecule has 3 fully saturated rings. The van der Waals surface area contributed by atoms with Crippen molar-refractivity contribution in [3.8, 4) is 17.2 Å². The maximum absolute atomic E-state index is 14.5. The number of aliphatic hydroxyl groups excluding tert-OH is 4. The zero-order valence-corrected chi connectivity index (χ0v) is 38.8. The van der Waals surface area contributed by atoms with E-state index in [1.807, 2.05) is 18.2 Å². The number of ether oxygens (including phenoxy) is 5. The van der Waals surface area contributed by atoms with Gasteiger partial charge in [-0.25, -0.2) is 4.79 Å². The first-order chi connectivity index (χ1) is 32.6. The fourth-order valence-corrected chi connectivity index (χ4v) is 12.7. The molecule has 2 aliphatic carbocycles. The van der Waals surface area contributed by atoms with Crippen LogP contribution in [0.15, 0.2) is 34.0 Å². The molecular weight excluding hydrogens is 861 g/mol. The Labute approximate surface area is 391 Å². The summed E-state index contributed by atoms with van der Waals surface area (Å²) in [5.41, 5.74) is 2.20. The van der Waals surface area contributed by atoms with Crippen molar-refractivity contribution in [1.82, 2.24) is 4.90 Å². The van der Waals surface area contributed by atoms with Gasteiger partial charge in [0.15, 0.2) is 6.29 Å². The zero-order valence-electron chi connectivity index (χ0n) is 38.8. The number of methoxy groups -OCH3 is 1. The largest absolute Gasteiger partial charge is 0.492 e. The topological polar surface area (TPSA) is 214 Å². The standard InChI is InChI=1S/C52H66N2O13/c1-3-64-51(61)50-39(26-58)44-33-18-34(25-57)46(60)37(20-33)36-19-31-11-13-53-42(31)21-30(36)8-7-29(24-56)28-65-48-38-22-43(66-47(38)40(27-59)49(67-50)45(44)48)52(62)35(6-4-16-55)10-9-32-23-54(14-5-17-63-2)15-12-41(32)52/h11,19,21,26,29,32,34-35,37,41,43,55-57,59,62H,3-10,12-18,20,22-25,27-28H2,1-2H3/b44-33-/t29-,32-,34-,35-,37+,41+,43-,52+/m0/s1. The Morgan fingerprint density at radius 2 is 1.88 bits per heavy atom. The lowest BCUT2D eigenvalue weighted by atomic mass is 9.57. The molecule has 15 heteroatoms. The van der Waals surface area contributed by atoms with Crippen molar-refractivity contribution in [2.75, 3.05) is 72.9 Å². The number of aldehydes is 1. The number of allylic oxidation sites excluding steroid dienone is 3. The predicted molar refractivity (Wildman–Crippen MR) is 245 cm³/mol. The predicted octanol–water partition coefficient (Wildman–Crippen LogP) is 2.64. The molecule has 8 atom stereocenters. The Morgan fingerprint density at radius 3 is 2.63 bits per heavy atom. The average molecular weight is 927 g/mol. The molecule has 362 valence electrons. The van der Waals surface area contributed by atoms with Crippen LogP contribution in [0.4, 0.5) is 0 Å². The van der Waals surface area contributed by atoms with E-state index in [1.165, 1.54) is 0 Å². The number of carbonyl (C=O) groups is 3. The van der Waals surface area contributed by atoms with E-state index in [0.29, 0.717) is 67.4 Å². The number of carbonyl (C=O) groups excluding carboxylic acids is 3. The van der Waals surface area contributed by atoms with Gasteiger partial charge in [0.2, 0.25) is 5.76 Å². The van der Waals surface area contributed by atoms with Crippen LogP contribution in [0.1, 0.15) is 98.4 Å². The average Bonchev–Trinajstić information content (AvgIpc) is 4.01. The summed E-state index contributed by atoms with van der Waals surface area (Å²) in [6.45, 7) is 4.05. The Hall–Kier alpha value is -4.48. The minimum atomic E-state index is -1.35. The van der Waals surface area contributed by atoms with Gasteiger partial charge >= 0.3 is 5.97 Å². The van der Waals surface area contributed by atoms with Gasteiger partial charge in [-0.2, -0.15) is 0 Å². The molecule has 0 amide bonds. The molecule has 2 aromatic carbocycles. The van der Waals surface area contributed by atoms with Crippen molar-refractivity contribution >= 4 is 29.7 Å². The summed E-state index contributed by atoms with van der Waals surface area (Å²) in [6, 6.07) is 4.02. The minimum Gasteiger partial charge on any atom is -0.492 e. The van der Waals surface area contributed by atoms with Gasteiger partial charge in [0.25, 0.3) is 0 Å². The molecule has 67 heavy (non-hydrogen) atoms. The lowest BCUT2D eigenvalue weighted by Gasteiger charge is -2.55. The molecule has 2 saturated carbocycles. The number of aryl methyl sites for hydroxylation is 1. The van der Waals surface area contributed by atoms with Gasteiger partial charge in [0, 0.05) is 75.3 Å². The van der Waals surface area contributed by atoms with Gasteiger partial charge in [0.1, 0.15) is 34.7 Å².